The van der Waals surface area contributed by atoms with E-state index in [0.29, 0.717) is 23.0 Å². The average molecular weight is 382 g/mol. The summed E-state index contributed by atoms with van der Waals surface area (Å²) in [6.07, 6.45) is 0. The lowest BCUT2D eigenvalue weighted by Gasteiger charge is -2.31. The van der Waals surface area contributed by atoms with Gasteiger partial charge in [-0.2, -0.15) is 4.31 Å². The maximum Gasteiger partial charge on any atom is 0.243 e. The van der Waals surface area contributed by atoms with E-state index in [0.717, 1.165) is 25.4 Å². The Bertz CT molecular complexity index is 799. The van der Waals surface area contributed by atoms with Crippen LogP contribution in [0.4, 0.5) is 0 Å². The molecule has 2 aromatic carbocycles. The van der Waals surface area contributed by atoms with Gasteiger partial charge in [0.05, 0.1) is 38.2 Å². The summed E-state index contributed by atoms with van der Waals surface area (Å²) in [7, 11) is -1.79. The number of rotatable bonds is 5. The Morgan fingerprint density at radius 2 is 1.64 bits per heavy atom. The summed E-state index contributed by atoms with van der Waals surface area (Å²) >= 11 is 5.84. The van der Waals surface area contributed by atoms with Crippen molar-refractivity contribution >= 4 is 21.6 Å². The van der Waals surface area contributed by atoms with Crippen LogP contribution < -0.4 is 9.64 Å². The highest BCUT2D eigenvalue weighted by atomic mass is 35.5. The lowest BCUT2D eigenvalue weighted by Crippen LogP contribution is -3.13. The van der Waals surface area contributed by atoms with E-state index in [1.165, 1.54) is 10.5 Å². The van der Waals surface area contributed by atoms with E-state index < -0.39 is 10.0 Å². The Balaban J connectivity index is 1.60. The second kappa shape index (κ2) is 7.74. The summed E-state index contributed by atoms with van der Waals surface area (Å²) in [5, 5.41) is 0.535. The van der Waals surface area contributed by atoms with Crippen LogP contribution in [0, 0.1) is 0 Å². The normalized spacial score (nSPS) is 16.7. The molecule has 0 atom stereocenters. The SMILES string of the molecule is COc1ccc(C[NH+]2CCN(S(=O)(=O)c3ccc(Cl)cc3)CC2)cc1. The van der Waals surface area contributed by atoms with E-state index in [9.17, 15) is 8.42 Å². The van der Waals surface area contributed by atoms with E-state index in [4.69, 9.17) is 16.3 Å². The van der Waals surface area contributed by atoms with Crippen molar-refractivity contribution in [1.82, 2.24) is 4.31 Å². The Morgan fingerprint density at radius 3 is 2.20 bits per heavy atom. The van der Waals surface area contributed by atoms with E-state index in [1.807, 2.05) is 12.1 Å². The van der Waals surface area contributed by atoms with Gasteiger partial charge in [-0.15, -0.1) is 0 Å². The van der Waals surface area contributed by atoms with Crippen LogP contribution in [0.1, 0.15) is 5.56 Å². The molecule has 5 nitrogen and oxygen atoms in total. The molecular formula is C18H22ClN2O3S+. The van der Waals surface area contributed by atoms with Crippen molar-refractivity contribution < 1.29 is 18.1 Å². The van der Waals surface area contributed by atoms with Gasteiger partial charge in [-0.1, -0.05) is 11.6 Å². The molecule has 1 aliphatic rings. The topological polar surface area (TPSA) is 51.1 Å². The number of hydrogen-bond acceptors (Lipinski definition) is 3. The Labute approximate surface area is 153 Å². The minimum atomic E-state index is -3.44. The lowest BCUT2D eigenvalue weighted by molar-refractivity contribution is -0.917. The van der Waals surface area contributed by atoms with Crippen molar-refractivity contribution in [3.63, 3.8) is 0 Å². The number of methoxy groups -OCH3 is 1. The monoisotopic (exact) mass is 381 g/mol. The smallest absolute Gasteiger partial charge is 0.243 e. The second-order valence-corrected chi connectivity index (χ2v) is 8.51. The van der Waals surface area contributed by atoms with E-state index in [-0.39, 0.29) is 0 Å². The zero-order chi connectivity index (χ0) is 17.9. The number of halogens is 1. The second-order valence-electron chi connectivity index (χ2n) is 6.13. The van der Waals surface area contributed by atoms with Crippen molar-refractivity contribution in [3.05, 3.63) is 59.1 Å². The van der Waals surface area contributed by atoms with Crippen molar-refractivity contribution in [3.8, 4) is 5.75 Å². The third-order valence-corrected chi connectivity index (χ3v) is 6.66. The Kier molecular flexibility index (Phi) is 5.64. The fourth-order valence-corrected chi connectivity index (χ4v) is 4.57. The number of sulfonamides is 1. The van der Waals surface area contributed by atoms with Crippen molar-refractivity contribution in [2.45, 2.75) is 11.4 Å². The minimum absolute atomic E-state index is 0.301. The number of nitrogens with one attached hydrogen (secondary N) is 1. The fourth-order valence-electron chi connectivity index (χ4n) is 3.01. The molecule has 134 valence electrons. The number of piperazine rings is 1. The summed E-state index contributed by atoms with van der Waals surface area (Å²) < 4.78 is 32.1. The maximum absolute atomic E-state index is 12.7. The molecule has 1 heterocycles. The van der Waals surface area contributed by atoms with Gasteiger partial charge in [-0.3, -0.25) is 0 Å². The predicted octanol–water partition coefficient (Wildman–Crippen LogP) is 1.44. The first-order valence-corrected chi connectivity index (χ1v) is 10.0. The lowest BCUT2D eigenvalue weighted by atomic mass is 10.2. The third kappa shape index (κ3) is 4.33. The number of hydrogen-bond donors (Lipinski definition) is 1. The van der Waals surface area contributed by atoms with Gasteiger partial charge in [0.25, 0.3) is 0 Å². The fraction of sp³-hybridized carbons (Fsp3) is 0.333. The van der Waals surface area contributed by atoms with Crippen molar-refractivity contribution in [2.75, 3.05) is 33.3 Å². The summed E-state index contributed by atoms with van der Waals surface area (Å²) in [5.74, 6) is 0.845. The first-order valence-electron chi connectivity index (χ1n) is 8.21. The van der Waals surface area contributed by atoms with E-state index in [1.54, 1.807) is 35.7 Å². The Hall–Kier alpha value is -1.60. The molecule has 0 spiro atoms. The molecule has 2 aromatic rings. The molecule has 1 N–H and O–H groups in total. The summed E-state index contributed by atoms with van der Waals surface area (Å²) in [6.45, 7) is 3.52. The highest BCUT2D eigenvalue weighted by molar-refractivity contribution is 7.89. The van der Waals surface area contributed by atoms with Crippen molar-refractivity contribution in [1.29, 1.82) is 0 Å². The zero-order valence-electron chi connectivity index (χ0n) is 14.1. The molecule has 1 fully saturated rings. The number of quaternary nitrogens is 1. The van der Waals surface area contributed by atoms with E-state index in [2.05, 4.69) is 12.1 Å². The summed E-state index contributed by atoms with van der Waals surface area (Å²) in [4.78, 5) is 1.68. The van der Waals surface area contributed by atoms with Gasteiger partial charge in [0.15, 0.2) is 0 Å². The van der Waals surface area contributed by atoms with Gasteiger partial charge in [0, 0.05) is 10.6 Å². The predicted molar refractivity (Wildman–Crippen MR) is 97.6 cm³/mol. The highest BCUT2D eigenvalue weighted by Crippen LogP contribution is 2.18. The van der Waals surface area contributed by atoms with E-state index >= 15 is 0 Å². The van der Waals surface area contributed by atoms with Crippen LogP contribution in [-0.2, 0) is 16.6 Å². The largest absolute Gasteiger partial charge is 0.497 e. The average Bonchev–Trinajstić information content (AvgIpc) is 2.63. The molecule has 3 rings (SSSR count). The summed E-state index contributed by atoms with van der Waals surface area (Å²) in [5.41, 5.74) is 1.23. The number of ether oxygens (including phenoxy) is 1. The molecule has 0 bridgehead atoms. The third-order valence-electron chi connectivity index (χ3n) is 4.49. The molecule has 0 aliphatic carbocycles. The van der Waals surface area contributed by atoms with Gasteiger partial charge in [-0.25, -0.2) is 8.42 Å². The highest BCUT2D eigenvalue weighted by Gasteiger charge is 2.30. The van der Waals surface area contributed by atoms with Gasteiger partial charge in [0.1, 0.15) is 12.3 Å². The first-order chi connectivity index (χ1) is 12.0. The van der Waals surface area contributed by atoms with Crippen LogP contribution in [0.15, 0.2) is 53.4 Å². The van der Waals surface area contributed by atoms with Gasteiger partial charge in [0.2, 0.25) is 10.0 Å². The molecule has 0 saturated carbocycles. The molecule has 1 aliphatic heterocycles. The molecular weight excluding hydrogens is 360 g/mol. The molecule has 7 heteroatoms. The number of benzene rings is 2. The quantitative estimate of drug-likeness (QED) is 0.852. The zero-order valence-corrected chi connectivity index (χ0v) is 15.7. The summed E-state index contributed by atoms with van der Waals surface area (Å²) in [6, 6.07) is 14.4. The van der Waals surface area contributed by atoms with Crippen LogP contribution in [0.3, 0.4) is 0 Å². The minimum Gasteiger partial charge on any atom is -0.497 e. The molecule has 1 saturated heterocycles. The Morgan fingerprint density at radius 1 is 1.04 bits per heavy atom. The van der Waals surface area contributed by atoms with Gasteiger partial charge in [-0.05, 0) is 48.5 Å². The molecule has 0 amide bonds. The standard InChI is InChI=1S/C18H21ClN2O3S/c1-24-17-6-2-15(3-7-17)14-20-10-12-21(13-11-20)25(22,23)18-8-4-16(19)5-9-18/h2-9H,10-14H2,1H3/p+1. The maximum atomic E-state index is 12.7. The van der Waals surface area contributed by atoms with Crippen LogP contribution in [0.25, 0.3) is 0 Å². The molecule has 0 radical (unpaired) electrons. The van der Waals surface area contributed by atoms with Crippen LogP contribution in [-0.4, -0.2) is 46.0 Å². The molecule has 0 aromatic heterocycles. The van der Waals surface area contributed by atoms with Gasteiger partial charge >= 0.3 is 0 Å². The van der Waals surface area contributed by atoms with Crippen molar-refractivity contribution in [2.24, 2.45) is 0 Å². The number of nitrogens with zero attached hydrogens (tertiary/aromatic N) is 1. The molecule has 25 heavy (non-hydrogen) atoms. The van der Waals surface area contributed by atoms with Crippen LogP contribution in [0.2, 0.25) is 5.02 Å². The first kappa shape index (κ1) is 18.2. The van der Waals surface area contributed by atoms with Crippen LogP contribution >= 0.6 is 11.6 Å². The van der Waals surface area contributed by atoms with Crippen LogP contribution in [0.5, 0.6) is 5.75 Å². The molecule has 0 unspecified atom stereocenters. The van der Waals surface area contributed by atoms with Gasteiger partial charge < -0.3 is 9.64 Å².